The van der Waals surface area contributed by atoms with Gasteiger partial charge in [-0.15, -0.1) is 0 Å². The third-order valence-corrected chi connectivity index (χ3v) is 5.35. The fourth-order valence-corrected chi connectivity index (χ4v) is 3.11. The van der Waals surface area contributed by atoms with E-state index in [-0.39, 0.29) is 4.75 Å². The molecule has 102 valence electrons. The summed E-state index contributed by atoms with van der Waals surface area (Å²) in [7, 11) is 1.55. The first kappa shape index (κ1) is 13.7. The lowest BCUT2D eigenvalue weighted by Gasteiger charge is -2.28. The number of rotatable bonds is 6. The quantitative estimate of drug-likeness (QED) is 0.458. The highest BCUT2D eigenvalue weighted by Gasteiger charge is 2.44. The molecule has 0 aromatic heterocycles. The van der Waals surface area contributed by atoms with Gasteiger partial charge in [0, 0.05) is 24.1 Å². The summed E-state index contributed by atoms with van der Waals surface area (Å²) in [6.07, 6.45) is 7.65. The van der Waals surface area contributed by atoms with Crippen LogP contribution < -0.4 is 5.32 Å². The molecule has 0 bridgehead atoms. The average Bonchev–Trinajstić information content (AvgIpc) is 3.22. The Kier molecular flexibility index (Phi) is 4.20. The number of thioether (sulfide) groups is 1. The second-order valence-corrected chi connectivity index (χ2v) is 6.79. The predicted molar refractivity (Wildman–Crippen MR) is 75.0 cm³/mol. The second-order valence-electron chi connectivity index (χ2n) is 5.45. The van der Waals surface area contributed by atoms with Crippen molar-refractivity contribution in [2.24, 2.45) is 17.0 Å². The number of oxime groups is 1. The van der Waals surface area contributed by atoms with Crippen molar-refractivity contribution in [2.45, 2.75) is 43.8 Å². The molecule has 2 saturated carbocycles. The third kappa shape index (κ3) is 3.40. The minimum absolute atomic E-state index is 0.257. The number of amides is 1. The lowest BCUT2D eigenvalue weighted by atomic mass is 9.96. The largest absolute Gasteiger partial charge is 0.433 e. The summed E-state index contributed by atoms with van der Waals surface area (Å²) in [5.41, 5.74) is 1.07. The van der Waals surface area contributed by atoms with Crippen molar-refractivity contribution in [2.75, 3.05) is 13.3 Å². The first-order valence-corrected chi connectivity index (χ1v) is 7.82. The monoisotopic (exact) mass is 270 g/mol. The van der Waals surface area contributed by atoms with E-state index in [1.807, 2.05) is 11.8 Å². The fraction of sp³-hybridized carbons (Fsp3) is 0.846. The molecule has 0 heterocycles. The van der Waals surface area contributed by atoms with Crippen molar-refractivity contribution in [3.63, 3.8) is 0 Å². The van der Waals surface area contributed by atoms with E-state index < -0.39 is 6.09 Å². The van der Waals surface area contributed by atoms with Crippen molar-refractivity contribution in [1.29, 1.82) is 0 Å². The van der Waals surface area contributed by atoms with E-state index in [4.69, 9.17) is 4.84 Å². The van der Waals surface area contributed by atoms with Gasteiger partial charge in [0.1, 0.15) is 0 Å². The van der Waals surface area contributed by atoms with Gasteiger partial charge >= 0.3 is 6.09 Å². The zero-order valence-electron chi connectivity index (χ0n) is 11.4. The maximum atomic E-state index is 11.1. The maximum absolute atomic E-state index is 11.1. The van der Waals surface area contributed by atoms with E-state index in [9.17, 15) is 4.79 Å². The molecule has 0 radical (unpaired) electrons. The van der Waals surface area contributed by atoms with Crippen LogP contribution >= 0.6 is 11.8 Å². The van der Waals surface area contributed by atoms with Gasteiger partial charge in [-0.2, -0.15) is 11.8 Å². The maximum Gasteiger partial charge on any atom is 0.433 e. The number of carbonyl (C=O) groups is 1. The second kappa shape index (κ2) is 5.51. The molecule has 0 saturated heterocycles. The molecule has 0 aromatic rings. The Labute approximate surface area is 113 Å². The lowest BCUT2D eigenvalue weighted by molar-refractivity contribution is 0.152. The Bertz CT molecular complexity index is 351. The van der Waals surface area contributed by atoms with Crippen molar-refractivity contribution in [3.8, 4) is 0 Å². The van der Waals surface area contributed by atoms with E-state index in [1.54, 1.807) is 7.05 Å². The minimum atomic E-state index is -0.481. The molecule has 2 rings (SSSR count). The molecule has 0 aliphatic heterocycles. The number of hydrogen-bond acceptors (Lipinski definition) is 4. The molecule has 0 spiro atoms. The van der Waals surface area contributed by atoms with Gasteiger partial charge in [-0.3, -0.25) is 4.84 Å². The summed E-state index contributed by atoms with van der Waals surface area (Å²) in [5.74, 6) is 1.34. The first-order chi connectivity index (χ1) is 8.59. The Hall–Kier alpha value is -0.710. The zero-order valence-corrected chi connectivity index (χ0v) is 12.2. The van der Waals surface area contributed by atoms with E-state index in [2.05, 4.69) is 23.7 Å². The summed E-state index contributed by atoms with van der Waals surface area (Å²) in [4.78, 5) is 16.0. The predicted octanol–water partition coefficient (Wildman–Crippen LogP) is 3.03. The summed E-state index contributed by atoms with van der Waals surface area (Å²) >= 11 is 1.92. The van der Waals surface area contributed by atoms with Gasteiger partial charge in [-0.05, 0) is 44.8 Å². The normalized spacial score (nSPS) is 23.4. The summed E-state index contributed by atoms with van der Waals surface area (Å²) < 4.78 is 0.257. The van der Waals surface area contributed by atoms with Gasteiger partial charge in [0.2, 0.25) is 0 Å². The van der Waals surface area contributed by atoms with Crippen LogP contribution in [0.15, 0.2) is 5.16 Å². The fourth-order valence-electron chi connectivity index (χ4n) is 2.25. The van der Waals surface area contributed by atoms with E-state index in [1.165, 1.54) is 25.7 Å². The van der Waals surface area contributed by atoms with E-state index in [0.29, 0.717) is 5.92 Å². The Morgan fingerprint density at radius 1 is 1.44 bits per heavy atom. The zero-order chi connectivity index (χ0) is 13.2. The molecule has 1 atom stereocenters. The van der Waals surface area contributed by atoms with Gasteiger partial charge in [-0.25, -0.2) is 4.79 Å². The van der Waals surface area contributed by atoms with E-state index in [0.717, 1.165) is 18.1 Å². The van der Waals surface area contributed by atoms with Crippen LogP contribution in [0.3, 0.4) is 0 Å². The highest BCUT2D eigenvalue weighted by atomic mass is 32.2. The van der Waals surface area contributed by atoms with Crippen LogP contribution in [0.1, 0.15) is 39.0 Å². The van der Waals surface area contributed by atoms with Gasteiger partial charge < -0.3 is 5.32 Å². The van der Waals surface area contributed by atoms with Crippen molar-refractivity contribution in [1.82, 2.24) is 5.32 Å². The standard InChI is InChI=1S/C13H22N2O2S/c1-13(18-3,10-6-7-10)8-11(9-4-5-9)15-17-12(16)14-2/h9-10H,4-8H2,1-3H3,(H,14,16)/b15-11-. The summed E-state index contributed by atoms with van der Waals surface area (Å²) in [5, 5.41) is 6.51. The van der Waals surface area contributed by atoms with Crippen LogP contribution in [0.4, 0.5) is 4.79 Å². The SMILES string of the molecule is CNC(=O)O/N=C(/CC(C)(SC)C1CC1)C1CC1. The summed E-state index contributed by atoms with van der Waals surface area (Å²) in [6, 6.07) is 0. The first-order valence-electron chi connectivity index (χ1n) is 6.59. The molecule has 4 nitrogen and oxygen atoms in total. The van der Waals surface area contributed by atoms with Crippen LogP contribution in [0.5, 0.6) is 0 Å². The molecule has 0 aromatic carbocycles. The molecule has 2 aliphatic rings. The van der Waals surface area contributed by atoms with Gasteiger partial charge in [0.15, 0.2) is 0 Å². The van der Waals surface area contributed by atoms with Gasteiger partial charge in [0.05, 0.1) is 5.71 Å². The van der Waals surface area contributed by atoms with Crippen LogP contribution in [0.2, 0.25) is 0 Å². The smallest absolute Gasteiger partial charge is 0.323 e. The lowest BCUT2D eigenvalue weighted by Crippen LogP contribution is -2.28. The molecule has 1 unspecified atom stereocenters. The van der Waals surface area contributed by atoms with E-state index >= 15 is 0 Å². The highest BCUT2D eigenvalue weighted by molar-refractivity contribution is 8.00. The molecular formula is C13H22N2O2S. The Morgan fingerprint density at radius 2 is 2.11 bits per heavy atom. The summed E-state index contributed by atoms with van der Waals surface area (Å²) in [6.45, 7) is 2.31. The number of nitrogens with one attached hydrogen (secondary N) is 1. The minimum Gasteiger partial charge on any atom is -0.323 e. The molecule has 18 heavy (non-hydrogen) atoms. The molecule has 2 aliphatic carbocycles. The highest BCUT2D eigenvalue weighted by Crippen LogP contribution is 2.50. The molecule has 5 heteroatoms. The van der Waals surface area contributed by atoms with Crippen LogP contribution in [-0.2, 0) is 4.84 Å². The van der Waals surface area contributed by atoms with Gasteiger partial charge in [0.25, 0.3) is 0 Å². The number of carbonyl (C=O) groups excluding carboxylic acids is 1. The number of nitrogens with zero attached hydrogens (tertiary/aromatic N) is 1. The topological polar surface area (TPSA) is 50.7 Å². The Balaban J connectivity index is 1.99. The third-order valence-electron chi connectivity index (χ3n) is 3.94. The van der Waals surface area contributed by atoms with Gasteiger partial charge in [-0.1, -0.05) is 5.16 Å². The van der Waals surface area contributed by atoms with Crippen LogP contribution in [0.25, 0.3) is 0 Å². The van der Waals surface area contributed by atoms with Crippen molar-refractivity contribution in [3.05, 3.63) is 0 Å². The molecular weight excluding hydrogens is 248 g/mol. The average molecular weight is 270 g/mol. The van der Waals surface area contributed by atoms with Crippen LogP contribution in [0, 0.1) is 11.8 Å². The Morgan fingerprint density at radius 3 is 2.56 bits per heavy atom. The van der Waals surface area contributed by atoms with Crippen LogP contribution in [-0.4, -0.2) is 29.9 Å². The number of hydrogen-bond donors (Lipinski definition) is 1. The van der Waals surface area contributed by atoms with Crippen molar-refractivity contribution >= 4 is 23.6 Å². The molecule has 1 amide bonds. The molecule has 2 fully saturated rings. The molecule has 1 N–H and O–H groups in total. The van der Waals surface area contributed by atoms with Crippen molar-refractivity contribution < 1.29 is 9.63 Å².